The normalized spacial score (nSPS) is 15.6. The fourth-order valence-corrected chi connectivity index (χ4v) is 1.47. The van der Waals surface area contributed by atoms with Crippen LogP contribution in [0.15, 0.2) is 30.3 Å². The third-order valence-electron chi connectivity index (χ3n) is 2.47. The molecule has 0 saturated carbocycles. The van der Waals surface area contributed by atoms with E-state index in [1.807, 2.05) is 30.3 Å². The molecule has 0 fully saturated rings. The SMILES string of the molecule is CC(N)(CO)c1cc2ccccc2[nH]1. The Bertz CT molecular complexity index is 412. The smallest absolute Gasteiger partial charge is 0.0767 e. The van der Waals surface area contributed by atoms with Crippen LogP contribution in [0.2, 0.25) is 0 Å². The number of fused-ring (bicyclic) bond motifs is 1. The molecule has 1 unspecified atom stereocenters. The van der Waals surface area contributed by atoms with Crippen LogP contribution in [0.1, 0.15) is 12.6 Å². The van der Waals surface area contributed by atoms with Crippen molar-refractivity contribution in [1.29, 1.82) is 0 Å². The van der Waals surface area contributed by atoms with Crippen LogP contribution in [-0.4, -0.2) is 16.7 Å². The van der Waals surface area contributed by atoms with E-state index >= 15 is 0 Å². The lowest BCUT2D eigenvalue weighted by atomic mass is 10.0. The zero-order valence-corrected chi connectivity index (χ0v) is 8.12. The van der Waals surface area contributed by atoms with Gasteiger partial charge in [0.2, 0.25) is 0 Å². The molecule has 3 heteroatoms. The van der Waals surface area contributed by atoms with Gasteiger partial charge >= 0.3 is 0 Å². The highest BCUT2D eigenvalue weighted by atomic mass is 16.3. The minimum Gasteiger partial charge on any atom is -0.394 e. The Balaban J connectivity index is 2.55. The second-order valence-electron chi connectivity index (χ2n) is 3.85. The Morgan fingerprint density at radius 1 is 1.43 bits per heavy atom. The summed E-state index contributed by atoms with van der Waals surface area (Å²) in [4.78, 5) is 3.20. The maximum Gasteiger partial charge on any atom is 0.0767 e. The van der Waals surface area contributed by atoms with Gasteiger partial charge in [0.1, 0.15) is 0 Å². The van der Waals surface area contributed by atoms with E-state index < -0.39 is 5.54 Å². The average Bonchev–Trinajstić information content (AvgIpc) is 2.61. The quantitative estimate of drug-likeness (QED) is 0.669. The molecule has 0 aliphatic carbocycles. The summed E-state index contributed by atoms with van der Waals surface area (Å²) in [5, 5.41) is 10.2. The van der Waals surface area contributed by atoms with Crippen LogP contribution in [0, 0.1) is 0 Å². The van der Waals surface area contributed by atoms with Crippen LogP contribution in [0.4, 0.5) is 0 Å². The van der Waals surface area contributed by atoms with Crippen LogP contribution < -0.4 is 5.73 Å². The Kier molecular flexibility index (Phi) is 2.06. The van der Waals surface area contributed by atoms with E-state index in [2.05, 4.69) is 4.98 Å². The molecule has 0 aliphatic heterocycles. The monoisotopic (exact) mass is 190 g/mol. The number of aliphatic hydroxyl groups is 1. The number of aromatic nitrogens is 1. The first kappa shape index (κ1) is 9.24. The van der Waals surface area contributed by atoms with Gasteiger partial charge in [0.25, 0.3) is 0 Å². The Morgan fingerprint density at radius 3 is 2.79 bits per heavy atom. The van der Waals surface area contributed by atoms with Crippen molar-refractivity contribution in [3.05, 3.63) is 36.0 Å². The molecule has 3 nitrogen and oxygen atoms in total. The number of rotatable bonds is 2. The molecule has 74 valence electrons. The summed E-state index contributed by atoms with van der Waals surface area (Å²) in [6, 6.07) is 9.93. The molecule has 1 aromatic carbocycles. The highest BCUT2D eigenvalue weighted by molar-refractivity contribution is 5.80. The van der Waals surface area contributed by atoms with Crippen LogP contribution in [0.25, 0.3) is 10.9 Å². The molecule has 1 aromatic heterocycles. The minimum atomic E-state index is -0.695. The molecule has 4 N–H and O–H groups in total. The molecule has 2 aromatic rings. The van der Waals surface area contributed by atoms with Crippen molar-refractivity contribution in [2.75, 3.05) is 6.61 Å². The van der Waals surface area contributed by atoms with Gasteiger partial charge < -0.3 is 15.8 Å². The van der Waals surface area contributed by atoms with E-state index in [-0.39, 0.29) is 6.61 Å². The lowest BCUT2D eigenvalue weighted by Crippen LogP contribution is -2.37. The number of nitrogens with two attached hydrogens (primary N) is 1. The predicted molar refractivity (Wildman–Crippen MR) is 56.9 cm³/mol. The van der Waals surface area contributed by atoms with Crippen LogP contribution in [0.3, 0.4) is 0 Å². The van der Waals surface area contributed by atoms with Crippen LogP contribution in [-0.2, 0) is 5.54 Å². The Hall–Kier alpha value is -1.32. The van der Waals surface area contributed by atoms with Gasteiger partial charge in [-0.25, -0.2) is 0 Å². The first-order valence-electron chi connectivity index (χ1n) is 4.61. The number of benzene rings is 1. The fourth-order valence-electron chi connectivity index (χ4n) is 1.47. The number of para-hydroxylation sites is 1. The summed E-state index contributed by atoms with van der Waals surface area (Å²) < 4.78 is 0. The van der Waals surface area contributed by atoms with Crippen LogP contribution >= 0.6 is 0 Å². The summed E-state index contributed by atoms with van der Waals surface area (Å²) >= 11 is 0. The zero-order valence-electron chi connectivity index (χ0n) is 8.12. The van der Waals surface area contributed by atoms with E-state index in [0.717, 1.165) is 16.6 Å². The number of aliphatic hydroxyl groups excluding tert-OH is 1. The molecule has 1 atom stereocenters. The van der Waals surface area contributed by atoms with E-state index in [1.54, 1.807) is 6.92 Å². The van der Waals surface area contributed by atoms with Gasteiger partial charge in [0, 0.05) is 11.2 Å². The predicted octanol–water partition coefficient (Wildman–Crippen LogP) is 1.33. The lowest BCUT2D eigenvalue weighted by Gasteiger charge is -2.19. The maximum atomic E-state index is 9.13. The molecule has 2 rings (SSSR count). The third-order valence-corrected chi connectivity index (χ3v) is 2.47. The van der Waals surface area contributed by atoms with Gasteiger partial charge in [-0.15, -0.1) is 0 Å². The molecule has 0 bridgehead atoms. The number of hydrogen-bond donors (Lipinski definition) is 3. The maximum absolute atomic E-state index is 9.13. The number of H-pyrrole nitrogens is 1. The van der Waals surface area contributed by atoms with Crippen molar-refractivity contribution in [3.63, 3.8) is 0 Å². The Labute approximate surface area is 82.6 Å². The fraction of sp³-hybridized carbons (Fsp3) is 0.273. The van der Waals surface area contributed by atoms with Crippen molar-refractivity contribution in [1.82, 2.24) is 4.98 Å². The summed E-state index contributed by atoms with van der Waals surface area (Å²) in [5.74, 6) is 0. The minimum absolute atomic E-state index is 0.0696. The first-order valence-corrected chi connectivity index (χ1v) is 4.61. The van der Waals surface area contributed by atoms with Crippen molar-refractivity contribution in [3.8, 4) is 0 Å². The number of hydrogen-bond acceptors (Lipinski definition) is 2. The van der Waals surface area contributed by atoms with Crippen molar-refractivity contribution in [2.24, 2.45) is 5.73 Å². The second-order valence-corrected chi connectivity index (χ2v) is 3.85. The van der Waals surface area contributed by atoms with E-state index in [1.165, 1.54) is 0 Å². The summed E-state index contributed by atoms with van der Waals surface area (Å²) in [6.07, 6.45) is 0. The average molecular weight is 190 g/mol. The standard InChI is InChI=1S/C11H14N2O/c1-11(12,7-14)10-6-8-4-2-3-5-9(8)13-10/h2-6,13-14H,7,12H2,1H3. The molecule has 0 radical (unpaired) electrons. The highest BCUT2D eigenvalue weighted by Gasteiger charge is 2.21. The topological polar surface area (TPSA) is 62.0 Å². The molecular formula is C11H14N2O. The lowest BCUT2D eigenvalue weighted by molar-refractivity contribution is 0.207. The summed E-state index contributed by atoms with van der Waals surface area (Å²) in [7, 11) is 0. The van der Waals surface area contributed by atoms with Gasteiger partial charge in [0.15, 0.2) is 0 Å². The molecule has 0 saturated heterocycles. The molecule has 1 heterocycles. The van der Waals surface area contributed by atoms with Crippen molar-refractivity contribution < 1.29 is 5.11 Å². The van der Waals surface area contributed by atoms with E-state index in [9.17, 15) is 0 Å². The van der Waals surface area contributed by atoms with Gasteiger partial charge in [-0.2, -0.15) is 0 Å². The Morgan fingerprint density at radius 2 is 2.14 bits per heavy atom. The summed E-state index contributed by atoms with van der Waals surface area (Å²) in [6.45, 7) is 1.73. The van der Waals surface area contributed by atoms with E-state index in [4.69, 9.17) is 10.8 Å². The number of aromatic amines is 1. The third kappa shape index (κ3) is 1.41. The van der Waals surface area contributed by atoms with Crippen molar-refractivity contribution >= 4 is 10.9 Å². The van der Waals surface area contributed by atoms with E-state index in [0.29, 0.717) is 0 Å². The summed E-state index contributed by atoms with van der Waals surface area (Å²) in [5.41, 5.74) is 7.14. The highest BCUT2D eigenvalue weighted by Crippen LogP contribution is 2.21. The molecule has 0 amide bonds. The van der Waals surface area contributed by atoms with Crippen LogP contribution in [0.5, 0.6) is 0 Å². The second kappa shape index (κ2) is 3.12. The van der Waals surface area contributed by atoms with Gasteiger partial charge in [-0.1, -0.05) is 18.2 Å². The zero-order chi connectivity index (χ0) is 10.2. The molecule has 0 spiro atoms. The van der Waals surface area contributed by atoms with Gasteiger partial charge in [0.05, 0.1) is 12.1 Å². The van der Waals surface area contributed by atoms with Gasteiger partial charge in [-0.3, -0.25) is 0 Å². The largest absolute Gasteiger partial charge is 0.394 e. The molecular weight excluding hydrogens is 176 g/mol. The van der Waals surface area contributed by atoms with Crippen molar-refractivity contribution in [2.45, 2.75) is 12.5 Å². The number of nitrogens with one attached hydrogen (secondary N) is 1. The molecule has 0 aliphatic rings. The molecule has 14 heavy (non-hydrogen) atoms. The van der Waals surface area contributed by atoms with Gasteiger partial charge in [-0.05, 0) is 24.4 Å². The first-order chi connectivity index (χ1) is 6.63.